The van der Waals surface area contributed by atoms with Crippen LogP contribution >= 0.6 is 39.1 Å². The first kappa shape index (κ1) is 12.8. The lowest BCUT2D eigenvalue weighted by atomic mass is 10.2. The van der Waals surface area contributed by atoms with E-state index < -0.39 is 4.32 Å². The molecule has 0 aliphatic rings. The summed E-state index contributed by atoms with van der Waals surface area (Å²) < 4.78 is -0.623. The van der Waals surface area contributed by atoms with Gasteiger partial charge in [-0.05, 0) is 32.0 Å². The Bertz CT molecular complexity index is 367. The number of nitrogens with one attached hydrogen (secondary N) is 1. The lowest BCUT2D eigenvalue weighted by molar-refractivity contribution is -0.117. The topological polar surface area (TPSA) is 29.1 Å². The Kier molecular flexibility index (Phi) is 4.04. The first-order chi connectivity index (χ1) is 6.79. The van der Waals surface area contributed by atoms with Crippen molar-refractivity contribution in [1.82, 2.24) is 0 Å². The van der Waals surface area contributed by atoms with Crippen LogP contribution in [0.1, 0.15) is 13.8 Å². The van der Waals surface area contributed by atoms with Crippen LogP contribution in [0.3, 0.4) is 0 Å². The third-order valence-corrected chi connectivity index (χ3v) is 2.46. The van der Waals surface area contributed by atoms with Gasteiger partial charge in [0.25, 0.3) is 0 Å². The van der Waals surface area contributed by atoms with Crippen LogP contribution in [0.4, 0.5) is 5.69 Å². The summed E-state index contributed by atoms with van der Waals surface area (Å²) in [6, 6.07) is 4.90. The molecule has 0 radical (unpaired) electrons. The van der Waals surface area contributed by atoms with E-state index in [1.165, 1.54) is 0 Å². The van der Waals surface area contributed by atoms with E-state index in [0.29, 0.717) is 15.7 Å². The zero-order valence-corrected chi connectivity index (χ0v) is 11.4. The summed E-state index contributed by atoms with van der Waals surface area (Å²) in [5.74, 6) is -0.152. The molecule has 1 aromatic carbocycles. The van der Waals surface area contributed by atoms with E-state index in [9.17, 15) is 4.79 Å². The van der Waals surface area contributed by atoms with Gasteiger partial charge in [-0.2, -0.15) is 0 Å². The molecule has 1 N–H and O–H groups in total. The summed E-state index contributed by atoms with van der Waals surface area (Å²) >= 11 is 14.9. The van der Waals surface area contributed by atoms with Crippen molar-refractivity contribution in [2.45, 2.75) is 18.2 Å². The number of halogens is 3. The fourth-order valence-electron chi connectivity index (χ4n) is 0.906. The second-order valence-electron chi connectivity index (χ2n) is 3.58. The Hall–Kier alpha value is -0.250. The molecule has 0 aromatic heterocycles. The third kappa shape index (κ3) is 4.01. The maximum Gasteiger partial charge on any atom is 0.240 e. The Morgan fingerprint density at radius 3 is 2.13 bits per heavy atom. The Morgan fingerprint density at radius 1 is 1.27 bits per heavy atom. The highest BCUT2D eigenvalue weighted by atomic mass is 79.9. The van der Waals surface area contributed by atoms with Crippen molar-refractivity contribution in [3.05, 3.63) is 28.2 Å². The van der Waals surface area contributed by atoms with Gasteiger partial charge in [0.2, 0.25) is 5.91 Å². The van der Waals surface area contributed by atoms with Gasteiger partial charge in [-0.3, -0.25) is 4.79 Å². The van der Waals surface area contributed by atoms with Crippen molar-refractivity contribution >= 4 is 50.7 Å². The molecule has 0 bridgehead atoms. The number of amides is 1. The summed E-state index contributed by atoms with van der Waals surface area (Å²) in [5, 5.41) is 3.69. The van der Waals surface area contributed by atoms with Gasteiger partial charge < -0.3 is 5.32 Å². The van der Waals surface area contributed by atoms with Crippen LogP contribution in [0, 0.1) is 0 Å². The highest BCUT2D eigenvalue weighted by molar-refractivity contribution is 9.10. The zero-order valence-electron chi connectivity index (χ0n) is 8.27. The number of carbonyl (C=O) groups excluding carboxylic acids is 1. The van der Waals surface area contributed by atoms with Crippen LogP contribution in [0.25, 0.3) is 0 Å². The molecule has 0 heterocycles. The maximum atomic E-state index is 11.6. The minimum atomic E-state index is -0.623. The lowest BCUT2D eigenvalue weighted by Crippen LogP contribution is -2.30. The Balaban J connectivity index is 2.86. The monoisotopic (exact) mass is 309 g/mol. The molecule has 0 atom stereocenters. The molecule has 0 saturated carbocycles. The number of anilines is 1. The molecule has 82 valence electrons. The number of benzene rings is 1. The second-order valence-corrected chi connectivity index (χ2v) is 6.44. The quantitative estimate of drug-likeness (QED) is 0.818. The van der Waals surface area contributed by atoms with Crippen molar-refractivity contribution in [3.63, 3.8) is 0 Å². The second kappa shape index (κ2) is 4.73. The van der Waals surface area contributed by atoms with E-state index in [4.69, 9.17) is 23.2 Å². The summed E-state index contributed by atoms with van der Waals surface area (Å²) in [4.78, 5) is 11.6. The fraction of sp³-hybridized carbons (Fsp3) is 0.300. The number of alkyl halides is 1. The minimum absolute atomic E-state index is 0.152. The Morgan fingerprint density at radius 2 is 1.73 bits per heavy atom. The van der Waals surface area contributed by atoms with Crippen LogP contribution in [-0.2, 0) is 4.79 Å². The maximum absolute atomic E-state index is 11.6. The lowest BCUT2D eigenvalue weighted by Gasteiger charge is -2.16. The van der Waals surface area contributed by atoms with E-state index in [2.05, 4.69) is 21.2 Å². The molecule has 0 aliphatic carbocycles. The average molecular weight is 311 g/mol. The number of hydrogen-bond acceptors (Lipinski definition) is 1. The summed E-state index contributed by atoms with van der Waals surface area (Å²) in [5.41, 5.74) is 0.588. The first-order valence-corrected chi connectivity index (χ1v) is 5.80. The Labute approximate surface area is 107 Å². The molecule has 15 heavy (non-hydrogen) atoms. The van der Waals surface area contributed by atoms with E-state index >= 15 is 0 Å². The summed E-state index contributed by atoms with van der Waals surface area (Å²) in [7, 11) is 0. The predicted octanol–water partition coefficient (Wildman–Crippen LogP) is 4.11. The van der Waals surface area contributed by atoms with Gasteiger partial charge >= 0.3 is 0 Å². The molecular formula is C10H10BrCl2NO. The predicted molar refractivity (Wildman–Crippen MR) is 68.1 cm³/mol. The van der Waals surface area contributed by atoms with Crippen LogP contribution in [-0.4, -0.2) is 10.2 Å². The molecule has 0 unspecified atom stereocenters. The van der Waals surface area contributed by atoms with Gasteiger partial charge in [-0.15, -0.1) is 0 Å². The number of hydrogen-bond donors (Lipinski definition) is 1. The molecule has 1 aromatic rings. The van der Waals surface area contributed by atoms with Crippen LogP contribution in [0.15, 0.2) is 18.2 Å². The van der Waals surface area contributed by atoms with Gasteiger partial charge in [0, 0.05) is 15.7 Å². The number of rotatable bonds is 2. The first-order valence-electron chi connectivity index (χ1n) is 4.25. The smallest absolute Gasteiger partial charge is 0.240 e. The zero-order chi connectivity index (χ0) is 11.6. The molecule has 0 saturated heterocycles. The van der Waals surface area contributed by atoms with E-state index in [1.807, 2.05) is 0 Å². The fourth-order valence-corrected chi connectivity index (χ4v) is 1.53. The summed E-state index contributed by atoms with van der Waals surface area (Å²) in [6.07, 6.45) is 0. The van der Waals surface area contributed by atoms with Crippen molar-refractivity contribution in [1.29, 1.82) is 0 Å². The van der Waals surface area contributed by atoms with E-state index in [1.54, 1.807) is 32.0 Å². The van der Waals surface area contributed by atoms with Crippen molar-refractivity contribution in [2.24, 2.45) is 0 Å². The minimum Gasteiger partial charge on any atom is -0.325 e. The molecular weight excluding hydrogens is 301 g/mol. The van der Waals surface area contributed by atoms with Gasteiger partial charge in [-0.1, -0.05) is 39.1 Å². The van der Waals surface area contributed by atoms with Crippen LogP contribution in [0.5, 0.6) is 0 Å². The standard InChI is InChI=1S/C10H10BrCl2NO/c1-10(2,11)9(15)14-8-4-6(12)3-7(13)5-8/h3-5H,1-2H3,(H,14,15). The third-order valence-electron chi connectivity index (χ3n) is 1.66. The van der Waals surface area contributed by atoms with Crippen molar-refractivity contribution < 1.29 is 4.79 Å². The van der Waals surface area contributed by atoms with Crippen LogP contribution < -0.4 is 5.32 Å². The van der Waals surface area contributed by atoms with E-state index in [0.717, 1.165) is 0 Å². The highest BCUT2D eigenvalue weighted by Gasteiger charge is 2.23. The largest absolute Gasteiger partial charge is 0.325 e. The molecule has 0 aliphatic heterocycles. The molecule has 0 fully saturated rings. The van der Waals surface area contributed by atoms with Crippen molar-refractivity contribution in [3.8, 4) is 0 Å². The molecule has 5 heteroatoms. The molecule has 2 nitrogen and oxygen atoms in total. The highest BCUT2D eigenvalue weighted by Crippen LogP contribution is 2.24. The van der Waals surface area contributed by atoms with Gasteiger partial charge in [-0.25, -0.2) is 0 Å². The summed E-state index contributed by atoms with van der Waals surface area (Å²) in [6.45, 7) is 3.52. The van der Waals surface area contributed by atoms with Gasteiger partial charge in [0.15, 0.2) is 0 Å². The SMILES string of the molecule is CC(C)(Br)C(=O)Nc1cc(Cl)cc(Cl)c1. The van der Waals surface area contributed by atoms with Gasteiger partial charge in [0.05, 0.1) is 4.32 Å². The molecule has 1 amide bonds. The van der Waals surface area contributed by atoms with E-state index in [-0.39, 0.29) is 5.91 Å². The molecule has 1 rings (SSSR count). The van der Waals surface area contributed by atoms with Crippen LogP contribution in [0.2, 0.25) is 10.0 Å². The number of carbonyl (C=O) groups is 1. The van der Waals surface area contributed by atoms with Gasteiger partial charge in [0.1, 0.15) is 0 Å². The van der Waals surface area contributed by atoms with Crippen molar-refractivity contribution in [2.75, 3.05) is 5.32 Å². The normalized spacial score (nSPS) is 11.3. The average Bonchev–Trinajstić information content (AvgIpc) is 1.99. The molecule has 0 spiro atoms.